The van der Waals surface area contributed by atoms with Crippen molar-refractivity contribution in [2.24, 2.45) is 0 Å². The quantitative estimate of drug-likeness (QED) is 0.824. The van der Waals surface area contributed by atoms with E-state index in [-0.39, 0.29) is 11.1 Å². The molecular weight excluding hydrogens is 232 g/mol. The lowest BCUT2D eigenvalue weighted by Crippen LogP contribution is -2.10. The van der Waals surface area contributed by atoms with E-state index in [1.54, 1.807) is 23.9 Å². The Balaban J connectivity index is 2.50. The second-order valence-electron chi connectivity index (χ2n) is 3.46. The zero-order valence-electron chi connectivity index (χ0n) is 9.23. The maximum Gasteiger partial charge on any atom is 0.266 e. The van der Waals surface area contributed by atoms with Crippen LogP contribution in [0.4, 0.5) is 0 Å². The fourth-order valence-electron chi connectivity index (χ4n) is 1.52. The standard InChI is InChI=1S/C13H10N2OS/c1-17-11-4-2-3-9(7-11)12-6-5-10(8-14)13(16)15-12/h2-7H,1H3,(H,15,16). The normalized spacial score (nSPS) is 9.88. The molecule has 0 bridgehead atoms. The Morgan fingerprint density at radius 1 is 1.29 bits per heavy atom. The van der Waals surface area contributed by atoms with E-state index in [1.165, 1.54) is 0 Å². The highest BCUT2D eigenvalue weighted by atomic mass is 32.2. The summed E-state index contributed by atoms with van der Waals surface area (Å²) in [7, 11) is 0. The third kappa shape index (κ3) is 2.40. The minimum Gasteiger partial charge on any atom is -0.321 e. The van der Waals surface area contributed by atoms with Crippen LogP contribution < -0.4 is 5.56 Å². The molecule has 3 nitrogen and oxygen atoms in total. The molecule has 0 amide bonds. The minimum atomic E-state index is -0.348. The molecule has 2 aromatic rings. The predicted octanol–water partition coefficient (Wildman–Crippen LogP) is 2.64. The number of benzene rings is 1. The summed E-state index contributed by atoms with van der Waals surface area (Å²) in [6.07, 6.45) is 2.00. The average Bonchev–Trinajstić information content (AvgIpc) is 2.38. The Morgan fingerprint density at radius 2 is 2.12 bits per heavy atom. The molecule has 1 aromatic heterocycles. The van der Waals surface area contributed by atoms with Crippen molar-refractivity contribution in [2.75, 3.05) is 6.26 Å². The summed E-state index contributed by atoms with van der Waals surface area (Å²) in [5, 5.41) is 8.69. The molecule has 0 aliphatic rings. The van der Waals surface area contributed by atoms with Gasteiger partial charge in [0.2, 0.25) is 0 Å². The number of hydrogen-bond donors (Lipinski definition) is 1. The van der Waals surface area contributed by atoms with Gasteiger partial charge in [-0.05, 0) is 36.1 Å². The van der Waals surface area contributed by atoms with Crippen LogP contribution in [-0.2, 0) is 0 Å². The maximum atomic E-state index is 11.5. The Labute approximate surface area is 103 Å². The van der Waals surface area contributed by atoms with Crippen molar-refractivity contribution in [2.45, 2.75) is 4.90 Å². The van der Waals surface area contributed by atoms with E-state index >= 15 is 0 Å². The molecule has 0 aliphatic heterocycles. The first kappa shape index (κ1) is 11.5. The van der Waals surface area contributed by atoms with Gasteiger partial charge in [-0.2, -0.15) is 5.26 Å². The van der Waals surface area contributed by atoms with Gasteiger partial charge in [0.25, 0.3) is 5.56 Å². The Bertz CT molecular complexity index is 640. The van der Waals surface area contributed by atoms with E-state index < -0.39 is 0 Å². The van der Waals surface area contributed by atoms with Crippen LogP contribution in [0.5, 0.6) is 0 Å². The molecule has 2 rings (SSSR count). The van der Waals surface area contributed by atoms with Crippen molar-refractivity contribution in [1.29, 1.82) is 5.26 Å². The summed E-state index contributed by atoms with van der Waals surface area (Å²) in [4.78, 5) is 15.4. The summed E-state index contributed by atoms with van der Waals surface area (Å²) in [6.45, 7) is 0. The van der Waals surface area contributed by atoms with E-state index in [0.29, 0.717) is 0 Å². The molecule has 84 valence electrons. The summed E-state index contributed by atoms with van der Waals surface area (Å²) in [5.74, 6) is 0. The van der Waals surface area contributed by atoms with Crippen LogP contribution in [0.3, 0.4) is 0 Å². The van der Waals surface area contributed by atoms with Crippen LogP contribution in [-0.4, -0.2) is 11.2 Å². The molecule has 17 heavy (non-hydrogen) atoms. The smallest absolute Gasteiger partial charge is 0.266 e. The lowest BCUT2D eigenvalue weighted by molar-refractivity contribution is 1.21. The predicted molar refractivity (Wildman–Crippen MR) is 69.0 cm³/mol. The number of aromatic nitrogens is 1. The van der Waals surface area contributed by atoms with Crippen LogP contribution in [0.15, 0.2) is 46.1 Å². The molecule has 0 radical (unpaired) electrons. The number of nitriles is 1. The number of thioether (sulfide) groups is 1. The van der Waals surface area contributed by atoms with Crippen molar-refractivity contribution < 1.29 is 0 Å². The van der Waals surface area contributed by atoms with Gasteiger partial charge in [-0.3, -0.25) is 4.79 Å². The number of hydrogen-bond acceptors (Lipinski definition) is 3. The first-order valence-corrected chi connectivity index (χ1v) is 6.25. The van der Waals surface area contributed by atoms with E-state index in [2.05, 4.69) is 4.98 Å². The average molecular weight is 242 g/mol. The molecular formula is C13H10N2OS. The number of H-pyrrole nitrogens is 1. The van der Waals surface area contributed by atoms with Crippen LogP contribution in [0.2, 0.25) is 0 Å². The van der Waals surface area contributed by atoms with Crippen LogP contribution in [0.1, 0.15) is 5.56 Å². The van der Waals surface area contributed by atoms with E-state index in [4.69, 9.17) is 5.26 Å². The molecule has 0 saturated heterocycles. The molecule has 4 heteroatoms. The molecule has 1 N–H and O–H groups in total. The second kappa shape index (κ2) is 4.89. The van der Waals surface area contributed by atoms with Crippen molar-refractivity contribution in [3.8, 4) is 17.3 Å². The SMILES string of the molecule is CSc1cccc(-c2ccc(C#N)c(=O)[nH]2)c1. The summed E-state index contributed by atoms with van der Waals surface area (Å²) in [5.41, 5.74) is 1.46. The van der Waals surface area contributed by atoms with Gasteiger partial charge in [-0.25, -0.2) is 0 Å². The highest BCUT2D eigenvalue weighted by molar-refractivity contribution is 7.98. The Morgan fingerprint density at radius 3 is 2.76 bits per heavy atom. The highest BCUT2D eigenvalue weighted by Gasteiger charge is 2.02. The summed E-state index contributed by atoms with van der Waals surface area (Å²) in [6, 6.07) is 13.0. The molecule has 0 saturated carbocycles. The second-order valence-corrected chi connectivity index (χ2v) is 4.34. The topological polar surface area (TPSA) is 56.6 Å². The van der Waals surface area contributed by atoms with Gasteiger partial charge < -0.3 is 4.98 Å². The maximum absolute atomic E-state index is 11.5. The number of nitrogens with zero attached hydrogens (tertiary/aromatic N) is 1. The third-order valence-electron chi connectivity index (χ3n) is 2.41. The van der Waals surface area contributed by atoms with Gasteiger partial charge in [-0.15, -0.1) is 11.8 Å². The van der Waals surface area contributed by atoms with Crippen molar-refractivity contribution >= 4 is 11.8 Å². The Kier molecular flexibility index (Phi) is 3.31. The molecule has 1 aromatic carbocycles. The van der Waals surface area contributed by atoms with Crippen LogP contribution in [0.25, 0.3) is 11.3 Å². The van der Waals surface area contributed by atoms with Crippen molar-refractivity contribution in [3.05, 3.63) is 52.3 Å². The van der Waals surface area contributed by atoms with Gasteiger partial charge in [0, 0.05) is 10.6 Å². The number of aromatic amines is 1. The first-order valence-electron chi connectivity index (χ1n) is 5.02. The summed E-state index contributed by atoms with van der Waals surface area (Å²) < 4.78 is 0. The molecule has 1 heterocycles. The molecule has 0 aliphatic carbocycles. The van der Waals surface area contributed by atoms with Gasteiger partial charge >= 0.3 is 0 Å². The first-order chi connectivity index (χ1) is 8.24. The largest absolute Gasteiger partial charge is 0.321 e. The molecule has 0 fully saturated rings. The summed E-state index contributed by atoms with van der Waals surface area (Å²) >= 11 is 1.65. The van der Waals surface area contributed by atoms with Crippen LogP contribution in [0, 0.1) is 11.3 Å². The lowest BCUT2D eigenvalue weighted by atomic mass is 10.1. The van der Waals surface area contributed by atoms with E-state index in [1.807, 2.05) is 36.6 Å². The third-order valence-corrected chi connectivity index (χ3v) is 3.14. The van der Waals surface area contributed by atoms with Crippen molar-refractivity contribution in [3.63, 3.8) is 0 Å². The highest BCUT2D eigenvalue weighted by Crippen LogP contribution is 2.22. The van der Waals surface area contributed by atoms with Crippen molar-refractivity contribution in [1.82, 2.24) is 4.98 Å². The zero-order chi connectivity index (χ0) is 12.3. The molecule has 0 spiro atoms. The van der Waals surface area contributed by atoms with Gasteiger partial charge in [0.15, 0.2) is 0 Å². The van der Waals surface area contributed by atoms with Gasteiger partial charge in [-0.1, -0.05) is 12.1 Å². The monoisotopic (exact) mass is 242 g/mol. The van der Waals surface area contributed by atoms with Crippen LogP contribution >= 0.6 is 11.8 Å². The lowest BCUT2D eigenvalue weighted by Gasteiger charge is -2.03. The number of rotatable bonds is 2. The van der Waals surface area contributed by atoms with Gasteiger partial charge in [0.1, 0.15) is 11.6 Å². The van der Waals surface area contributed by atoms with Gasteiger partial charge in [0.05, 0.1) is 0 Å². The fraction of sp³-hybridized carbons (Fsp3) is 0.0769. The number of nitrogens with one attached hydrogen (secondary N) is 1. The van der Waals surface area contributed by atoms with E-state index in [0.717, 1.165) is 16.2 Å². The minimum absolute atomic E-state index is 0.134. The van der Waals surface area contributed by atoms with E-state index in [9.17, 15) is 4.79 Å². The number of pyridine rings is 1. The fourth-order valence-corrected chi connectivity index (χ4v) is 1.98. The molecule has 0 atom stereocenters. The zero-order valence-corrected chi connectivity index (χ0v) is 10.0. The molecule has 0 unspecified atom stereocenters. The Hall–Kier alpha value is -1.99.